The van der Waals surface area contributed by atoms with Crippen LogP contribution in [0.1, 0.15) is 5.82 Å². The fourth-order valence-corrected chi connectivity index (χ4v) is 2.89. The number of hydrogen-bond donors (Lipinski definition) is 2. The van der Waals surface area contributed by atoms with Gasteiger partial charge in [0.15, 0.2) is 16.7 Å². The third-order valence-electron chi connectivity index (χ3n) is 2.45. The summed E-state index contributed by atoms with van der Waals surface area (Å²) in [6.07, 6.45) is 3.31. The van der Waals surface area contributed by atoms with Crippen LogP contribution in [-0.2, 0) is 30.5 Å². The van der Waals surface area contributed by atoms with Crippen LogP contribution in [0.5, 0.6) is 0 Å². The first-order valence-electron chi connectivity index (χ1n) is 5.51. The van der Waals surface area contributed by atoms with Gasteiger partial charge in [0.1, 0.15) is 6.33 Å². The van der Waals surface area contributed by atoms with Crippen LogP contribution in [0.15, 0.2) is 17.7 Å². The van der Waals surface area contributed by atoms with E-state index in [2.05, 4.69) is 19.8 Å². The lowest BCUT2D eigenvalue weighted by atomic mass is 10.4. The third-order valence-corrected chi connectivity index (χ3v) is 4.04. The number of nitrogens with one attached hydrogen (secondary N) is 1. The molecule has 2 aromatic heterocycles. The monoisotopic (exact) mass is 285 g/mol. The number of nitrogen functional groups attached to an aromatic ring is 1. The number of rotatable bonds is 5. The van der Waals surface area contributed by atoms with E-state index in [1.165, 1.54) is 10.9 Å². The van der Waals surface area contributed by atoms with Gasteiger partial charge in [0.2, 0.25) is 0 Å². The molecule has 10 heteroatoms. The van der Waals surface area contributed by atoms with Crippen LogP contribution in [0.3, 0.4) is 0 Å². The van der Waals surface area contributed by atoms with E-state index in [-0.39, 0.29) is 17.4 Å². The molecule has 0 atom stereocenters. The zero-order valence-corrected chi connectivity index (χ0v) is 11.4. The van der Waals surface area contributed by atoms with Crippen LogP contribution < -0.4 is 10.5 Å². The van der Waals surface area contributed by atoms with Gasteiger partial charge in [-0.25, -0.2) is 23.1 Å². The van der Waals surface area contributed by atoms with E-state index < -0.39 is 10.0 Å². The molecule has 0 spiro atoms. The molecule has 19 heavy (non-hydrogen) atoms. The Labute approximate surface area is 110 Å². The largest absolute Gasteiger partial charge is 0.381 e. The predicted molar refractivity (Wildman–Crippen MR) is 67.5 cm³/mol. The van der Waals surface area contributed by atoms with Gasteiger partial charge in [0.05, 0.1) is 6.33 Å². The Hall–Kier alpha value is -1.94. The summed E-state index contributed by atoms with van der Waals surface area (Å²) in [5.74, 6) is 0.550. The summed E-state index contributed by atoms with van der Waals surface area (Å²) in [6.45, 7) is 0.191. The predicted octanol–water partition coefficient (Wildman–Crippen LogP) is -1.35. The quantitative estimate of drug-likeness (QED) is 0.701. The van der Waals surface area contributed by atoms with Crippen molar-refractivity contribution in [2.45, 2.75) is 11.4 Å². The lowest BCUT2D eigenvalue weighted by molar-refractivity contribution is 0.571. The molecule has 0 unspecified atom stereocenters. The second-order valence-corrected chi connectivity index (χ2v) is 5.71. The fraction of sp³-hybridized carbons (Fsp3) is 0.444. The molecule has 2 heterocycles. The van der Waals surface area contributed by atoms with Crippen molar-refractivity contribution in [3.63, 3.8) is 0 Å². The summed E-state index contributed by atoms with van der Waals surface area (Å²) in [5, 5.41) is 4.02. The van der Waals surface area contributed by atoms with Gasteiger partial charge in [-0.2, -0.15) is 5.10 Å². The third kappa shape index (κ3) is 2.90. The van der Waals surface area contributed by atoms with Crippen molar-refractivity contribution in [3.8, 4) is 0 Å². The second-order valence-electron chi connectivity index (χ2n) is 4.03. The van der Waals surface area contributed by atoms with Crippen LogP contribution in [-0.4, -0.2) is 39.3 Å². The molecule has 104 valence electrons. The van der Waals surface area contributed by atoms with Gasteiger partial charge in [-0.1, -0.05) is 0 Å². The first-order chi connectivity index (χ1) is 8.90. The maximum absolute atomic E-state index is 12.0. The minimum Gasteiger partial charge on any atom is -0.381 e. The number of imidazole rings is 1. The van der Waals surface area contributed by atoms with Crippen molar-refractivity contribution < 1.29 is 8.42 Å². The summed E-state index contributed by atoms with van der Waals surface area (Å²) in [6, 6.07) is 0. The summed E-state index contributed by atoms with van der Waals surface area (Å²) < 4.78 is 29.4. The Balaban J connectivity index is 2.03. The molecule has 0 saturated heterocycles. The number of hydrogen-bond acceptors (Lipinski definition) is 6. The Morgan fingerprint density at radius 2 is 2.05 bits per heavy atom. The van der Waals surface area contributed by atoms with Crippen LogP contribution in [0.2, 0.25) is 0 Å². The Kier molecular flexibility index (Phi) is 3.53. The van der Waals surface area contributed by atoms with Crippen molar-refractivity contribution in [1.29, 1.82) is 0 Å². The molecule has 0 aliphatic carbocycles. The summed E-state index contributed by atoms with van der Waals surface area (Å²) >= 11 is 0. The average Bonchev–Trinajstić information content (AvgIpc) is 2.86. The van der Waals surface area contributed by atoms with E-state index in [1.807, 2.05) is 0 Å². The number of sulfonamides is 1. The van der Waals surface area contributed by atoms with Crippen LogP contribution >= 0.6 is 0 Å². The standard InChI is InChI=1S/C9H15N7O2S/c1-15-5-12-8(10)9(15)19(17,18)13-4-3-7-11-6-16(2)14-7/h5-6,13H,3-4,10H2,1-2H3. The number of aromatic nitrogens is 5. The summed E-state index contributed by atoms with van der Waals surface area (Å²) in [7, 11) is -0.364. The fourth-order valence-electron chi connectivity index (χ4n) is 1.63. The molecule has 0 amide bonds. The smallest absolute Gasteiger partial charge is 0.260 e. The molecule has 3 N–H and O–H groups in total. The minimum atomic E-state index is -3.68. The lowest BCUT2D eigenvalue weighted by Crippen LogP contribution is -2.28. The molecule has 2 rings (SSSR count). The Morgan fingerprint density at radius 3 is 2.58 bits per heavy atom. The maximum atomic E-state index is 12.0. The molecule has 0 bridgehead atoms. The molecule has 0 aromatic carbocycles. The molecule has 2 aromatic rings. The molecule has 0 aliphatic heterocycles. The van der Waals surface area contributed by atoms with Crippen molar-refractivity contribution in [2.75, 3.05) is 12.3 Å². The van der Waals surface area contributed by atoms with Crippen LogP contribution in [0.4, 0.5) is 5.82 Å². The minimum absolute atomic E-state index is 0.0223. The number of aryl methyl sites for hydroxylation is 2. The number of anilines is 1. The van der Waals surface area contributed by atoms with E-state index in [0.717, 1.165) is 0 Å². The first kappa shape index (κ1) is 13.5. The van der Waals surface area contributed by atoms with E-state index in [0.29, 0.717) is 12.2 Å². The van der Waals surface area contributed by atoms with Crippen LogP contribution in [0, 0.1) is 0 Å². The van der Waals surface area contributed by atoms with Crippen molar-refractivity contribution >= 4 is 15.8 Å². The molecular formula is C9H15N7O2S. The molecular weight excluding hydrogens is 270 g/mol. The SMILES string of the molecule is Cn1cnc(CCNS(=O)(=O)c2c(N)ncn2C)n1. The van der Waals surface area contributed by atoms with Gasteiger partial charge in [-0.3, -0.25) is 4.68 Å². The van der Waals surface area contributed by atoms with Crippen molar-refractivity contribution in [2.24, 2.45) is 14.1 Å². The highest BCUT2D eigenvalue weighted by Crippen LogP contribution is 2.14. The van der Waals surface area contributed by atoms with Crippen LogP contribution in [0.25, 0.3) is 0 Å². The van der Waals surface area contributed by atoms with Gasteiger partial charge in [-0.05, 0) is 0 Å². The van der Waals surface area contributed by atoms with Gasteiger partial charge in [0, 0.05) is 27.1 Å². The normalized spacial score (nSPS) is 11.9. The summed E-state index contributed by atoms with van der Waals surface area (Å²) in [5.41, 5.74) is 5.53. The Morgan fingerprint density at radius 1 is 1.32 bits per heavy atom. The molecule has 0 aliphatic rings. The highest BCUT2D eigenvalue weighted by Gasteiger charge is 2.21. The second kappa shape index (κ2) is 4.97. The molecule has 0 fully saturated rings. The van der Waals surface area contributed by atoms with E-state index >= 15 is 0 Å². The number of nitrogens with zero attached hydrogens (tertiary/aromatic N) is 5. The topological polar surface area (TPSA) is 121 Å². The highest BCUT2D eigenvalue weighted by molar-refractivity contribution is 7.89. The van der Waals surface area contributed by atoms with E-state index in [1.54, 1.807) is 25.1 Å². The zero-order valence-electron chi connectivity index (χ0n) is 10.6. The van der Waals surface area contributed by atoms with Gasteiger partial charge in [0.25, 0.3) is 10.0 Å². The highest BCUT2D eigenvalue weighted by atomic mass is 32.2. The Bertz CT molecular complexity index is 653. The zero-order chi connectivity index (χ0) is 14.0. The maximum Gasteiger partial charge on any atom is 0.260 e. The van der Waals surface area contributed by atoms with E-state index in [4.69, 9.17) is 5.73 Å². The average molecular weight is 285 g/mol. The number of nitrogens with two attached hydrogens (primary N) is 1. The van der Waals surface area contributed by atoms with Gasteiger partial charge in [-0.15, -0.1) is 0 Å². The van der Waals surface area contributed by atoms with Gasteiger partial charge < -0.3 is 10.3 Å². The van der Waals surface area contributed by atoms with E-state index in [9.17, 15) is 8.42 Å². The molecule has 9 nitrogen and oxygen atoms in total. The lowest BCUT2D eigenvalue weighted by Gasteiger charge is -2.06. The molecule has 0 saturated carbocycles. The van der Waals surface area contributed by atoms with Crippen molar-refractivity contribution in [1.82, 2.24) is 29.0 Å². The van der Waals surface area contributed by atoms with Gasteiger partial charge >= 0.3 is 0 Å². The molecule has 0 radical (unpaired) electrons. The summed E-state index contributed by atoms with van der Waals surface area (Å²) in [4.78, 5) is 7.75. The van der Waals surface area contributed by atoms with Crippen molar-refractivity contribution in [3.05, 3.63) is 18.5 Å². The first-order valence-corrected chi connectivity index (χ1v) is 6.99.